The number of oxime groups is 1. The average molecular weight is 309 g/mol. The molecule has 112 valence electrons. The van der Waals surface area contributed by atoms with Crippen LogP contribution in [-0.4, -0.2) is 32.9 Å². The molecule has 0 radical (unpaired) electrons. The average Bonchev–Trinajstić information content (AvgIpc) is 2.86. The molecule has 1 heterocycles. The van der Waals surface area contributed by atoms with Crippen LogP contribution in [0.5, 0.6) is 5.75 Å². The largest absolute Gasteiger partial charge is 0.497 e. The number of amidine groups is 1. The summed E-state index contributed by atoms with van der Waals surface area (Å²) in [4.78, 5) is 12.2. The number of rotatable bonds is 5. The monoisotopic (exact) mass is 309 g/mol. The van der Waals surface area contributed by atoms with Crippen LogP contribution < -0.4 is 16.2 Å². The van der Waals surface area contributed by atoms with E-state index < -0.39 is 0 Å². The Bertz CT molecular complexity index is 722. The van der Waals surface area contributed by atoms with E-state index in [1.165, 1.54) is 16.3 Å². The van der Waals surface area contributed by atoms with Crippen LogP contribution in [0.25, 0.3) is 0 Å². The lowest BCUT2D eigenvalue weighted by atomic mass is 10.2. The standard InChI is InChI=1S/C12H15N5O3S/c1-3-17-11(18)14-15-12(17)21-9-6-7(20-2)4-5-8(9)10(13)16-19/h4-6,19H,3H2,1-2H3,(H2,13,16)(H,14,18). The fraction of sp³-hybridized carbons (Fsp3) is 0.250. The van der Waals surface area contributed by atoms with E-state index in [0.29, 0.717) is 27.9 Å². The number of nitrogens with zero attached hydrogens (tertiary/aromatic N) is 3. The molecule has 0 spiro atoms. The van der Waals surface area contributed by atoms with E-state index in [4.69, 9.17) is 15.7 Å². The summed E-state index contributed by atoms with van der Waals surface area (Å²) < 4.78 is 6.66. The smallest absolute Gasteiger partial charge is 0.343 e. The Hall–Kier alpha value is -2.42. The van der Waals surface area contributed by atoms with Crippen molar-refractivity contribution in [3.63, 3.8) is 0 Å². The van der Waals surface area contributed by atoms with Crippen molar-refractivity contribution in [1.29, 1.82) is 0 Å². The van der Waals surface area contributed by atoms with E-state index in [1.807, 2.05) is 6.92 Å². The first-order valence-corrected chi connectivity index (χ1v) is 6.91. The van der Waals surface area contributed by atoms with Crippen molar-refractivity contribution in [2.75, 3.05) is 7.11 Å². The van der Waals surface area contributed by atoms with Crippen LogP contribution in [0, 0.1) is 0 Å². The maximum Gasteiger partial charge on any atom is 0.343 e. The second-order valence-electron chi connectivity index (χ2n) is 4.00. The maximum atomic E-state index is 11.6. The summed E-state index contributed by atoms with van der Waals surface area (Å²) in [6, 6.07) is 5.11. The van der Waals surface area contributed by atoms with Crippen LogP contribution >= 0.6 is 11.8 Å². The molecular formula is C12H15N5O3S. The van der Waals surface area contributed by atoms with Gasteiger partial charge in [0.15, 0.2) is 11.0 Å². The van der Waals surface area contributed by atoms with Crippen LogP contribution in [0.3, 0.4) is 0 Å². The summed E-state index contributed by atoms with van der Waals surface area (Å²) in [5, 5.41) is 18.7. The van der Waals surface area contributed by atoms with Gasteiger partial charge in [0.2, 0.25) is 0 Å². The number of H-pyrrole nitrogens is 1. The minimum atomic E-state index is -0.284. The van der Waals surface area contributed by atoms with Crippen molar-refractivity contribution in [2.45, 2.75) is 23.5 Å². The van der Waals surface area contributed by atoms with Gasteiger partial charge < -0.3 is 15.7 Å². The molecule has 2 rings (SSSR count). The molecule has 0 aliphatic carbocycles. The highest BCUT2D eigenvalue weighted by Crippen LogP contribution is 2.31. The van der Waals surface area contributed by atoms with Crippen LogP contribution in [-0.2, 0) is 6.54 Å². The minimum absolute atomic E-state index is 0.0268. The van der Waals surface area contributed by atoms with Crippen molar-refractivity contribution in [2.24, 2.45) is 10.9 Å². The first-order chi connectivity index (χ1) is 10.1. The predicted molar refractivity (Wildman–Crippen MR) is 78.1 cm³/mol. The van der Waals surface area contributed by atoms with Crippen LogP contribution in [0.15, 0.2) is 38.2 Å². The first kappa shape index (κ1) is 15.0. The van der Waals surface area contributed by atoms with Gasteiger partial charge in [-0.15, -0.1) is 5.10 Å². The minimum Gasteiger partial charge on any atom is -0.497 e. The van der Waals surface area contributed by atoms with Gasteiger partial charge in [-0.2, -0.15) is 0 Å². The van der Waals surface area contributed by atoms with Crippen molar-refractivity contribution < 1.29 is 9.94 Å². The summed E-state index contributed by atoms with van der Waals surface area (Å²) in [5.74, 6) is 0.592. The second-order valence-corrected chi connectivity index (χ2v) is 5.01. The lowest BCUT2D eigenvalue weighted by Crippen LogP contribution is -2.16. The molecule has 2 aromatic rings. The van der Waals surface area contributed by atoms with E-state index in [9.17, 15) is 4.79 Å². The van der Waals surface area contributed by atoms with Crippen LogP contribution in [0.2, 0.25) is 0 Å². The number of nitrogens with one attached hydrogen (secondary N) is 1. The molecule has 1 aromatic carbocycles. The number of methoxy groups -OCH3 is 1. The number of benzene rings is 1. The quantitative estimate of drug-likeness (QED) is 0.326. The Morgan fingerprint density at radius 2 is 2.38 bits per heavy atom. The zero-order chi connectivity index (χ0) is 15.4. The Labute approximate surface area is 124 Å². The molecule has 0 atom stereocenters. The highest BCUT2D eigenvalue weighted by Gasteiger charge is 2.14. The molecule has 0 fully saturated rings. The van der Waals surface area contributed by atoms with Gasteiger partial charge in [-0.25, -0.2) is 9.89 Å². The van der Waals surface area contributed by atoms with Gasteiger partial charge in [-0.1, -0.05) is 5.16 Å². The van der Waals surface area contributed by atoms with Crippen LogP contribution in [0.4, 0.5) is 0 Å². The van der Waals surface area contributed by atoms with E-state index in [2.05, 4.69) is 15.4 Å². The fourth-order valence-corrected chi connectivity index (χ4v) is 2.81. The van der Waals surface area contributed by atoms with Gasteiger partial charge in [-0.3, -0.25) is 4.57 Å². The summed E-state index contributed by atoms with van der Waals surface area (Å²) in [6.45, 7) is 2.33. The summed E-state index contributed by atoms with van der Waals surface area (Å²) in [5.41, 5.74) is 5.91. The molecular weight excluding hydrogens is 294 g/mol. The molecule has 0 aliphatic heterocycles. The molecule has 1 aromatic heterocycles. The zero-order valence-electron chi connectivity index (χ0n) is 11.5. The number of aromatic amines is 1. The van der Waals surface area contributed by atoms with E-state index in [0.717, 1.165) is 0 Å². The SMILES string of the molecule is CCn1c(Sc2cc(OC)ccc2/C(N)=N/O)n[nH]c1=O. The molecule has 0 saturated heterocycles. The van der Waals surface area contributed by atoms with Gasteiger partial charge in [0, 0.05) is 17.0 Å². The summed E-state index contributed by atoms with van der Waals surface area (Å²) >= 11 is 1.23. The third-order valence-corrected chi connectivity index (χ3v) is 3.87. The molecule has 0 aliphatic rings. The summed E-state index contributed by atoms with van der Waals surface area (Å²) in [6.07, 6.45) is 0. The molecule has 8 nitrogen and oxygen atoms in total. The number of ether oxygens (including phenoxy) is 1. The Balaban J connectivity index is 2.48. The van der Waals surface area contributed by atoms with Gasteiger partial charge in [0.25, 0.3) is 0 Å². The van der Waals surface area contributed by atoms with Gasteiger partial charge in [0.1, 0.15) is 5.75 Å². The van der Waals surface area contributed by atoms with Crippen LogP contribution in [0.1, 0.15) is 12.5 Å². The first-order valence-electron chi connectivity index (χ1n) is 6.09. The normalized spacial score (nSPS) is 11.6. The highest BCUT2D eigenvalue weighted by atomic mass is 32.2. The molecule has 4 N–H and O–H groups in total. The Kier molecular flexibility index (Phi) is 4.53. The zero-order valence-corrected chi connectivity index (χ0v) is 12.3. The lowest BCUT2D eigenvalue weighted by Gasteiger charge is -2.09. The van der Waals surface area contributed by atoms with Gasteiger partial charge in [-0.05, 0) is 36.9 Å². The van der Waals surface area contributed by atoms with Gasteiger partial charge in [0.05, 0.1) is 7.11 Å². The third-order valence-electron chi connectivity index (χ3n) is 2.81. The number of aromatic nitrogens is 3. The molecule has 0 unspecified atom stereocenters. The molecule has 0 bridgehead atoms. The van der Waals surface area contributed by atoms with Crippen molar-refractivity contribution in [3.8, 4) is 5.75 Å². The molecule has 9 heteroatoms. The number of hydrogen-bond acceptors (Lipinski definition) is 6. The van der Waals surface area contributed by atoms with Gasteiger partial charge >= 0.3 is 5.69 Å². The molecule has 0 saturated carbocycles. The third kappa shape index (κ3) is 3.02. The topological polar surface area (TPSA) is 119 Å². The number of hydrogen-bond donors (Lipinski definition) is 3. The van der Waals surface area contributed by atoms with Crippen molar-refractivity contribution in [1.82, 2.24) is 14.8 Å². The molecule has 21 heavy (non-hydrogen) atoms. The summed E-state index contributed by atoms with van der Waals surface area (Å²) in [7, 11) is 1.55. The van der Waals surface area contributed by atoms with E-state index >= 15 is 0 Å². The van der Waals surface area contributed by atoms with Crippen molar-refractivity contribution in [3.05, 3.63) is 34.2 Å². The Morgan fingerprint density at radius 1 is 1.62 bits per heavy atom. The number of nitrogens with two attached hydrogens (primary N) is 1. The lowest BCUT2D eigenvalue weighted by molar-refractivity contribution is 0.318. The molecule has 0 amide bonds. The Morgan fingerprint density at radius 3 is 3.00 bits per heavy atom. The van der Waals surface area contributed by atoms with Crippen molar-refractivity contribution >= 4 is 17.6 Å². The van der Waals surface area contributed by atoms with E-state index in [1.54, 1.807) is 25.3 Å². The van der Waals surface area contributed by atoms with E-state index in [-0.39, 0.29) is 11.5 Å². The highest BCUT2D eigenvalue weighted by molar-refractivity contribution is 7.99. The predicted octanol–water partition coefficient (Wildman–Crippen LogP) is 0.846. The second kappa shape index (κ2) is 6.35. The maximum absolute atomic E-state index is 11.6. The fourth-order valence-electron chi connectivity index (χ4n) is 1.74.